The molecule has 1 rings (SSSR count). The van der Waals surface area contributed by atoms with E-state index in [-0.39, 0.29) is 0 Å². The lowest BCUT2D eigenvalue weighted by Gasteiger charge is -2.31. The molecule has 1 unspecified atom stereocenters. The van der Waals surface area contributed by atoms with Crippen molar-refractivity contribution in [2.75, 3.05) is 26.7 Å². The number of ketones is 1. The molecule has 0 bridgehead atoms. The molecule has 0 aromatic carbocycles. The standard InChI is InChI=1S/C12H23NO2/c1-11(14)6-3-4-8-13-9-5-7-12(10-13)15-2/h12H,3-10H2,1-2H3. The third kappa shape index (κ3) is 5.28. The highest BCUT2D eigenvalue weighted by Crippen LogP contribution is 2.13. The Hall–Kier alpha value is -0.410. The lowest BCUT2D eigenvalue weighted by atomic mass is 10.1. The number of unbranched alkanes of at least 4 members (excludes halogenated alkanes) is 1. The summed E-state index contributed by atoms with van der Waals surface area (Å²) in [5.41, 5.74) is 0. The fourth-order valence-corrected chi connectivity index (χ4v) is 2.12. The average molecular weight is 213 g/mol. The number of piperidine rings is 1. The summed E-state index contributed by atoms with van der Waals surface area (Å²) in [5, 5.41) is 0. The molecule has 3 heteroatoms. The molecule has 88 valence electrons. The highest BCUT2D eigenvalue weighted by molar-refractivity contribution is 5.75. The monoisotopic (exact) mass is 213 g/mol. The van der Waals surface area contributed by atoms with Gasteiger partial charge in [0.2, 0.25) is 0 Å². The molecular formula is C12H23NO2. The van der Waals surface area contributed by atoms with Crippen molar-refractivity contribution in [3.63, 3.8) is 0 Å². The topological polar surface area (TPSA) is 29.5 Å². The van der Waals surface area contributed by atoms with Crippen molar-refractivity contribution in [2.45, 2.75) is 45.1 Å². The van der Waals surface area contributed by atoms with Crippen LogP contribution < -0.4 is 0 Å². The van der Waals surface area contributed by atoms with E-state index in [1.165, 1.54) is 19.4 Å². The van der Waals surface area contributed by atoms with Crippen LogP contribution in [0.1, 0.15) is 39.0 Å². The minimum absolute atomic E-state index is 0.309. The maximum Gasteiger partial charge on any atom is 0.129 e. The first-order valence-corrected chi connectivity index (χ1v) is 5.97. The van der Waals surface area contributed by atoms with Crippen LogP contribution in [0.4, 0.5) is 0 Å². The largest absolute Gasteiger partial charge is 0.380 e. The number of likely N-dealkylation sites (tertiary alicyclic amines) is 1. The van der Waals surface area contributed by atoms with Crippen LogP contribution in [-0.2, 0) is 9.53 Å². The fraction of sp³-hybridized carbons (Fsp3) is 0.917. The lowest BCUT2D eigenvalue weighted by molar-refractivity contribution is -0.117. The molecule has 1 atom stereocenters. The van der Waals surface area contributed by atoms with Gasteiger partial charge in [-0.1, -0.05) is 0 Å². The number of carbonyl (C=O) groups excluding carboxylic acids is 1. The molecule has 3 nitrogen and oxygen atoms in total. The van der Waals surface area contributed by atoms with Crippen LogP contribution in [-0.4, -0.2) is 43.5 Å². The molecule has 0 aromatic rings. The Morgan fingerprint density at radius 3 is 2.93 bits per heavy atom. The number of hydrogen-bond acceptors (Lipinski definition) is 3. The van der Waals surface area contributed by atoms with E-state index in [4.69, 9.17) is 4.74 Å². The lowest BCUT2D eigenvalue weighted by Crippen LogP contribution is -2.39. The van der Waals surface area contributed by atoms with Gasteiger partial charge in [-0.25, -0.2) is 0 Å². The average Bonchev–Trinajstić information content (AvgIpc) is 2.24. The Labute approximate surface area is 92.8 Å². The first-order valence-electron chi connectivity index (χ1n) is 5.97. The van der Waals surface area contributed by atoms with Crippen molar-refractivity contribution in [2.24, 2.45) is 0 Å². The summed E-state index contributed by atoms with van der Waals surface area (Å²) in [6, 6.07) is 0. The molecule has 0 aliphatic carbocycles. The number of ether oxygens (including phenoxy) is 1. The van der Waals surface area contributed by atoms with Crippen LogP contribution in [0.25, 0.3) is 0 Å². The summed E-state index contributed by atoms with van der Waals surface area (Å²) in [4.78, 5) is 13.2. The Kier molecular flexibility index (Phi) is 5.88. The van der Waals surface area contributed by atoms with E-state index in [1.807, 2.05) is 0 Å². The van der Waals surface area contributed by atoms with Crippen LogP contribution in [0.2, 0.25) is 0 Å². The van der Waals surface area contributed by atoms with Gasteiger partial charge in [-0.05, 0) is 45.7 Å². The second-order valence-corrected chi connectivity index (χ2v) is 4.46. The van der Waals surface area contributed by atoms with Crippen molar-refractivity contribution < 1.29 is 9.53 Å². The second kappa shape index (κ2) is 6.96. The zero-order valence-electron chi connectivity index (χ0n) is 10.00. The van der Waals surface area contributed by atoms with Crippen LogP contribution in [0.15, 0.2) is 0 Å². The van der Waals surface area contributed by atoms with E-state index < -0.39 is 0 Å². The summed E-state index contributed by atoms with van der Waals surface area (Å²) in [6.07, 6.45) is 5.76. The molecule has 0 radical (unpaired) electrons. The number of methoxy groups -OCH3 is 1. The Balaban J connectivity index is 2.07. The summed E-state index contributed by atoms with van der Waals surface area (Å²) >= 11 is 0. The first-order chi connectivity index (χ1) is 7.22. The van der Waals surface area contributed by atoms with Gasteiger partial charge < -0.3 is 14.4 Å². The fourth-order valence-electron chi connectivity index (χ4n) is 2.12. The summed E-state index contributed by atoms with van der Waals surface area (Å²) < 4.78 is 5.37. The van der Waals surface area contributed by atoms with E-state index in [1.54, 1.807) is 14.0 Å². The van der Waals surface area contributed by atoms with E-state index >= 15 is 0 Å². The van der Waals surface area contributed by atoms with Gasteiger partial charge in [0.1, 0.15) is 5.78 Å². The van der Waals surface area contributed by atoms with Crippen LogP contribution >= 0.6 is 0 Å². The van der Waals surface area contributed by atoms with Crippen LogP contribution in [0.3, 0.4) is 0 Å². The number of nitrogens with zero attached hydrogens (tertiary/aromatic N) is 1. The summed E-state index contributed by atoms with van der Waals surface area (Å²) in [7, 11) is 1.80. The van der Waals surface area contributed by atoms with E-state index in [0.29, 0.717) is 11.9 Å². The molecule has 1 saturated heterocycles. The minimum Gasteiger partial charge on any atom is -0.380 e. The highest BCUT2D eigenvalue weighted by atomic mass is 16.5. The number of carbonyl (C=O) groups is 1. The number of rotatable bonds is 6. The number of Topliss-reactive ketones (excluding diaryl/α,β-unsaturated/α-hetero) is 1. The van der Waals surface area contributed by atoms with E-state index in [2.05, 4.69) is 4.90 Å². The molecule has 1 heterocycles. The molecule has 0 aromatic heterocycles. The van der Waals surface area contributed by atoms with E-state index in [9.17, 15) is 4.79 Å². The Bertz CT molecular complexity index is 194. The van der Waals surface area contributed by atoms with Crippen molar-refractivity contribution in [1.82, 2.24) is 4.90 Å². The third-order valence-corrected chi connectivity index (χ3v) is 3.05. The van der Waals surface area contributed by atoms with Gasteiger partial charge >= 0.3 is 0 Å². The highest BCUT2D eigenvalue weighted by Gasteiger charge is 2.18. The Morgan fingerprint density at radius 2 is 2.27 bits per heavy atom. The van der Waals surface area contributed by atoms with Crippen molar-refractivity contribution >= 4 is 5.78 Å². The molecule has 1 aliphatic rings. The van der Waals surface area contributed by atoms with Gasteiger partial charge in [0.15, 0.2) is 0 Å². The van der Waals surface area contributed by atoms with Gasteiger partial charge in [-0.3, -0.25) is 0 Å². The molecule has 0 saturated carbocycles. The van der Waals surface area contributed by atoms with Gasteiger partial charge in [-0.15, -0.1) is 0 Å². The molecule has 1 fully saturated rings. The van der Waals surface area contributed by atoms with Crippen molar-refractivity contribution in [3.05, 3.63) is 0 Å². The second-order valence-electron chi connectivity index (χ2n) is 4.46. The van der Waals surface area contributed by atoms with Gasteiger partial charge in [0.05, 0.1) is 6.10 Å². The van der Waals surface area contributed by atoms with Gasteiger partial charge in [-0.2, -0.15) is 0 Å². The predicted octanol–water partition coefficient (Wildman–Crippen LogP) is 1.86. The van der Waals surface area contributed by atoms with E-state index in [0.717, 1.165) is 32.4 Å². The summed E-state index contributed by atoms with van der Waals surface area (Å²) in [5.74, 6) is 0.309. The van der Waals surface area contributed by atoms with Crippen molar-refractivity contribution in [3.8, 4) is 0 Å². The van der Waals surface area contributed by atoms with Crippen molar-refractivity contribution in [1.29, 1.82) is 0 Å². The van der Waals surface area contributed by atoms with Crippen LogP contribution in [0.5, 0.6) is 0 Å². The summed E-state index contributed by atoms with van der Waals surface area (Å²) in [6.45, 7) is 5.05. The quantitative estimate of drug-likeness (QED) is 0.631. The number of hydrogen-bond donors (Lipinski definition) is 0. The molecule has 0 spiro atoms. The zero-order valence-corrected chi connectivity index (χ0v) is 10.00. The zero-order chi connectivity index (χ0) is 11.1. The van der Waals surface area contributed by atoms with Gasteiger partial charge in [0.25, 0.3) is 0 Å². The maximum atomic E-state index is 10.8. The molecule has 1 aliphatic heterocycles. The maximum absolute atomic E-state index is 10.8. The third-order valence-electron chi connectivity index (χ3n) is 3.05. The molecule has 0 N–H and O–H groups in total. The molecule has 0 amide bonds. The SMILES string of the molecule is COC1CCCN(CCCCC(C)=O)C1. The molecule has 15 heavy (non-hydrogen) atoms. The Morgan fingerprint density at radius 1 is 1.47 bits per heavy atom. The first kappa shape index (κ1) is 12.7. The molecular weight excluding hydrogens is 190 g/mol. The minimum atomic E-state index is 0.309. The predicted molar refractivity (Wildman–Crippen MR) is 61.0 cm³/mol. The normalized spacial score (nSPS) is 22.9. The van der Waals surface area contributed by atoms with Gasteiger partial charge in [0, 0.05) is 20.1 Å². The smallest absolute Gasteiger partial charge is 0.129 e. The van der Waals surface area contributed by atoms with Crippen LogP contribution in [0, 0.1) is 0 Å².